The minimum atomic E-state index is -0.968. The van der Waals surface area contributed by atoms with E-state index in [1.165, 1.54) is 0 Å². The summed E-state index contributed by atoms with van der Waals surface area (Å²) < 4.78 is 5.60. The number of hydrogen-bond acceptors (Lipinski definition) is 3. The lowest BCUT2D eigenvalue weighted by molar-refractivity contribution is -0.137. The van der Waals surface area contributed by atoms with Gasteiger partial charge in [-0.1, -0.05) is 79.7 Å². The maximum Gasteiger partial charge on any atom is 0.305 e. The second-order valence-corrected chi connectivity index (χ2v) is 7.71. The first kappa shape index (κ1) is 23.1. The monoisotopic (exact) mass is 431 g/mol. The van der Waals surface area contributed by atoms with Crippen molar-refractivity contribution in [1.82, 2.24) is 5.32 Å². The average molecular weight is 432 g/mol. The highest BCUT2D eigenvalue weighted by Gasteiger charge is 2.22. The van der Waals surface area contributed by atoms with E-state index >= 15 is 0 Å². The number of nitrogens with one attached hydrogen (secondary N) is 1. The fraction of sp³-hybridized carbons (Fsp3) is 0.259. The maximum atomic E-state index is 13.0. The Morgan fingerprint density at radius 2 is 1.38 bits per heavy atom. The number of carbonyl (C=O) groups is 2. The number of carboxylic acids is 1. The van der Waals surface area contributed by atoms with Crippen LogP contribution in [0.5, 0.6) is 5.75 Å². The van der Waals surface area contributed by atoms with E-state index < -0.39 is 12.0 Å². The fourth-order valence-electron chi connectivity index (χ4n) is 3.68. The molecule has 5 heteroatoms. The van der Waals surface area contributed by atoms with Crippen molar-refractivity contribution in [2.45, 2.75) is 38.1 Å². The van der Waals surface area contributed by atoms with Crippen molar-refractivity contribution in [2.24, 2.45) is 0 Å². The van der Waals surface area contributed by atoms with Gasteiger partial charge in [0.1, 0.15) is 5.75 Å². The second kappa shape index (κ2) is 11.7. The Labute approximate surface area is 189 Å². The van der Waals surface area contributed by atoms with Crippen LogP contribution in [-0.4, -0.2) is 23.6 Å². The molecule has 0 unspecified atom stereocenters. The molecule has 166 valence electrons. The predicted octanol–water partition coefficient (Wildman–Crippen LogP) is 5.33. The van der Waals surface area contributed by atoms with E-state index in [-0.39, 0.29) is 24.7 Å². The zero-order chi connectivity index (χ0) is 22.8. The SMILES string of the molecule is CCCOc1ccc([C@H](CC(=O)O)NC(=O)CC(c2ccccc2)c2ccccc2)cc1. The molecule has 5 nitrogen and oxygen atoms in total. The molecule has 32 heavy (non-hydrogen) atoms. The first-order chi connectivity index (χ1) is 15.6. The average Bonchev–Trinajstić information content (AvgIpc) is 2.82. The summed E-state index contributed by atoms with van der Waals surface area (Å²) in [6, 6.07) is 26.4. The molecule has 2 N–H and O–H groups in total. The van der Waals surface area contributed by atoms with Crippen LogP contribution in [-0.2, 0) is 9.59 Å². The summed E-state index contributed by atoms with van der Waals surface area (Å²) in [4.78, 5) is 24.5. The molecule has 1 amide bonds. The molecule has 0 heterocycles. The van der Waals surface area contributed by atoms with Gasteiger partial charge in [0.05, 0.1) is 19.1 Å². The van der Waals surface area contributed by atoms with Gasteiger partial charge < -0.3 is 15.2 Å². The third kappa shape index (κ3) is 6.71. The third-order valence-corrected chi connectivity index (χ3v) is 5.26. The molecule has 1 atom stereocenters. The van der Waals surface area contributed by atoms with Crippen LogP contribution < -0.4 is 10.1 Å². The Morgan fingerprint density at radius 3 is 1.88 bits per heavy atom. The minimum Gasteiger partial charge on any atom is -0.494 e. The quantitative estimate of drug-likeness (QED) is 0.430. The highest BCUT2D eigenvalue weighted by molar-refractivity contribution is 5.79. The number of amides is 1. The summed E-state index contributed by atoms with van der Waals surface area (Å²) in [5.74, 6) is -0.554. The smallest absolute Gasteiger partial charge is 0.305 e. The van der Waals surface area contributed by atoms with Gasteiger partial charge in [0, 0.05) is 12.3 Å². The number of ether oxygens (including phenoxy) is 1. The molecule has 0 aliphatic carbocycles. The highest BCUT2D eigenvalue weighted by Crippen LogP contribution is 2.29. The first-order valence-electron chi connectivity index (χ1n) is 10.9. The molecule has 3 aromatic rings. The van der Waals surface area contributed by atoms with Crippen LogP contribution in [0, 0.1) is 0 Å². The summed E-state index contributed by atoms with van der Waals surface area (Å²) in [6.07, 6.45) is 0.938. The number of carboxylic acid groups (broad SMARTS) is 1. The fourth-order valence-corrected chi connectivity index (χ4v) is 3.68. The molecule has 0 saturated carbocycles. The molecule has 0 saturated heterocycles. The lowest BCUT2D eigenvalue weighted by atomic mass is 9.88. The molecular formula is C27H29NO4. The second-order valence-electron chi connectivity index (χ2n) is 7.71. The first-order valence-corrected chi connectivity index (χ1v) is 10.9. The maximum absolute atomic E-state index is 13.0. The van der Waals surface area contributed by atoms with E-state index in [1.807, 2.05) is 91.9 Å². The van der Waals surface area contributed by atoms with Crippen LogP contribution >= 0.6 is 0 Å². The molecule has 3 aromatic carbocycles. The van der Waals surface area contributed by atoms with Crippen LogP contribution in [0.2, 0.25) is 0 Å². The molecule has 0 aliphatic heterocycles. The van der Waals surface area contributed by atoms with Gasteiger partial charge in [0.15, 0.2) is 0 Å². The van der Waals surface area contributed by atoms with Gasteiger partial charge in [0.2, 0.25) is 5.91 Å². The molecular weight excluding hydrogens is 402 g/mol. The topological polar surface area (TPSA) is 75.6 Å². The Balaban J connectivity index is 1.76. The number of rotatable bonds is 11. The highest BCUT2D eigenvalue weighted by atomic mass is 16.5. The number of carbonyl (C=O) groups excluding carboxylic acids is 1. The number of aliphatic carboxylic acids is 1. The van der Waals surface area contributed by atoms with E-state index in [0.717, 1.165) is 28.9 Å². The van der Waals surface area contributed by atoms with Crippen molar-refractivity contribution in [1.29, 1.82) is 0 Å². The van der Waals surface area contributed by atoms with Gasteiger partial charge in [-0.3, -0.25) is 9.59 Å². The molecule has 0 fully saturated rings. The summed E-state index contributed by atoms with van der Waals surface area (Å²) >= 11 is 0. The Morgan fingerprint density at radius 1 is 0.812 bits per heavy atom. The summed E-state index contributed by atoms with van der Waals surface area (Å²) in [5, 5.41) is 12.3. The van der Waals surface area contributed by atoms with Crippen LogP contribution in [0.15, 0.2) is 84.9 Å². The van der Waals surface area contributed by atoms with Crippen LogP contribution in [0.4, 0.5) is 0 Å². The van der Waals surface area contributed by atoms with Crippen LogP contribution in [0.3, 0.4) is 0 Å². The zero-order valence-electron chi connectivity index (χ0n) is 18.2. The van der Waals surface area contributed by atoms with Crippen LogP contribution in [0.1, 0.15) is 54.8 Å². The Kier molecular flexibility index (Phi) is 8.44. The molecule has 0 aromatic heterocycles. The molecule has 0 bridgehead atoms. The largest absolute Gasteiger partial charge is 0.494 e. The van der Waals surface area contributed by atoms with Gasteiger partial charge in [0.25, 0.3) is 0 Å². The van der Waals surface area contributed by atoms with Gasteiger partial charge in [-0.15, -0.1) is 0 Å². The van der Waals surface area contributed by atoms with E-state index in [4.69, 9.17) is 4.74 Å². The Bertz CT molecular complexity index is 948. The minimum absolute atomic E-state index is 0.118. The molecule has 3 rings (SSSR count). The van der Waals surface area contributed by atoms with Gasteiger partial charge >= 0.3 is 5.97 Å². The lowest BCUT2D eigenvalue weighted by Gasteiger charge is -2.22. The standard InChI is InChI=1S/C27H29NO4/c1-2-17-32-23-15-13-22(14-16-23)25(19-27(30)31)28-26(29)18-24(20-9-5-3-6-10-20)21-11-7-4-8-12-21/h3-16,24-25H,2,17-19H2,1H3,(H,28,29)(H,30,31)/t25-/m0/s1. The van der Waals surface area contributed by atoms with E-state index in [9.17, 15) is 14.7 Å². The van der Waals surface area contributed by atoms with Crippen molar-refractivity contribution in [3.05, 3.63) is 102 Å². The van der Waals surface area contributed by atoms with Crippen LogP contribution in [0.25, 0.3) is 0 Å². The van der Waals surface area contributed by atoms with E-state index in [0.29, 0.717) is 6.61 Å². The number of benzene rings is 3. The predicted molar refractivity (Wildman–Crippen MR) is 125 cm³/mol. The van der Waals surface area contributed by atoms with Crippen molar-refractivity contribution in [3.63, 3.8) is 0 Å². The summed E-state index contributed by atoms with van der Waals surface area (Å²) in [6.45, 7) is 2.65. The van der Waals surface area contributed by atoms with Gasteiger partial charge in [-0.25, -0.2) is 0 Å². The van der Waals surface area contributed by atoms with E-state index in [1.54, 1.807) is 0 Å². The zero-order valence-corrected chi connectivity index (χ0v) is 18.2. The molecule has 0 aliphatic rings. The Hall–Kier alpha value is -3.60. The van der Waals surface area contributed by atoms with Crippen molar-refractivity contribution in [3.8, 4) is 5.75 Å². The van der Waals surface area contributed by atoms with Crippen molar-refractivity contribution < 1.29 is 19.4 Å². The summed E-state index contributed by atoms with van der Waals surface area (Å²) in [7, 11) is 0. The number of hydrogen-bond donors (Lipinski definition) is 2. The third-order valence-electron chi connectivity index (χ3n) is 5.26. The van der Waals surface area contributed by atoms with E-state index in [2.05, 4.69) is 5.32 Å². The van der Waals surface area contributed by atoms with Crippen molar-refractivity contribution in [2.75, 3.05) is 6.61 Å². The van der Waals surface area contributed by atoms with Gasteiger partial charge in [-0.2, -0.15) is 0 Å². The molecule has 0 spiro atoms. The lowest BCUT2D eigenvalue weighted by Crippen LogP contribution is -2.31. The molecule has 0 radical (unpaired) electrons. The van der Waals surface area contributed by atoms with Crippen molar-refractivity contribution >= 4 is 11.9 Å². The summed E-state index contributed by atoms with van der Waals surface area (Å²) in [5.41, 5.74) is 2.82. The normalized spacial score (nSPS) is 11.7. The van der Waals surface area contributed by atoms with Gasteiger partial charge in [-0.05, 0) is 35.2 Å².